The van der Waals surface area contributed by atoms with Crippen molar-refractivity contribution >= 4 is 24.0 Å². The van der Waals surface area contributed by atoms with Gasteiger partial charge in [0.1, 0.15) is 0 Å². The minimum absolute atomic E-state index is 0.145. The molecule has 92 valence electrons. The Morgan fingerprint density at radius 1 is 1.25 bits per heavy atom. The van der Waals surface area contributed by atoms with E-state index in [-0.39, 0.29) is 5.41 Å². The molecule has 0 aliphatic rings. The summed E-state index contributed by atoms with van der Waals surface area (Å²) in [5.41, 5.74) is 1.14. The second-order valence-corrected chi connectivity index (χ2v) is 10.4. The molecule has 0 unspecified atom stereocenters. The van der Waals surface area contributed by atoms with Gasteiger partial charge < -0.3 is 0 Å². The molecule has 0 aromatic heterocycles. The van der Waals surface area contributed by atoms with Crippen LogP contribution in [0.4, 0.5) is 0 Å². The van der Waals surface area contributed by atoms with Gasteiger partial charge >= 0.3 is 111 Å². The summed E-state index contributed by atoms with van der Waals surface area (Å²) in [6.07, 6.45) is 0. The molecule has 0 saturated heterocycles. The van der Waals surface area contributed by atoms with Gasteiger partial charge in [-0.25, -0.2) is 0 Å². The predicted molar refractivity (Wildman–Crippen MR) is 68.3 cm³/mol. The number of hydrogen-bond acceptors (Lipinski definition) is 1. The SMILES string of the molecule is CC(C)(C)COc1ccccc1[CH]=[Ru]([Cl])[Cl]. The van der Waals surface area contributed by atoms with Crippen molar-refractivity contribution in [3.63, 3.8) is 0 Å². The van der Waals surface area contributed by atoms with Gasteiger partial charge in [0.2, 0.25) is 0 Å². The summed E-state index contributed by atoms with van der Waals surface area (Å²) >= 11 is -1.79. The van der Waals surface area contributed by atoms with E-state index in [0.717, 1.165) is 11.3 Å². The van der Waals surface area contributed by atoms with Crippen LogP contribution in [-0.4, -0.2) is 11.2 Å². The average molecular weight is 348 g/mol. The molecule has 0 atom stereocenters. The van der Waals surface area contributed by atoms with Gasteiger partial charge in [0.15, 0.2) is 0 Å². The standard InChI is InChI=1S/C12H16O.2ClH.Ru/c1-10-7-5-6-8-11(10)13-9-12(2,3)4;;;/h1,5-8H,9H2,2-4H3;2*1H;/q;;;+2/p-2. The third-order valence-electron chi connectivity index (χ3n) is 1.77. The summed E-state index contributed by atoms with van der Waals surface area (Å²) in [7, 11) is 11.7. The van der Waals surface area contributed by atoms with Crippen molar-refractivity contribution in [2.75, 3.05) is 6.61 Å². The summed E-state index contributed by atoms with van der Waals surface area (Å²) in [5, 5.41) is 0. The minimum atomic E-state index is -1.79. The normalized spacial score (nSPS) is 12.2. The third-order valence-corrected chi connectivity index (χ3v) is 3.60. The Morgan fingerprint density at radius 2 is 1.88 bits per heavy atom. The molecule has 16 heavy (non-hydrogen) atoms. The van der Waals surface area contributed by atoms with Crippen molar-refractivity contribution in [1.29, 1.82) is 0 Å². The molecule has 0 fully saturated rings. The van der Waals surface area contributed by atoms with E-state index in [1.165, 1.54) is 0 Å². The fourth-order valence-corrected chi connectivity index (χ4v) is 2.88. The molecule has 1 nitrogen and oxygen atoms in total. The van der Waals surface area contributed by atoms with Crippen LogP contribution in [0.2, 0.25) is 0 Å². The van der Waals surface area contributed by atoms with E-state index in [2.05, 4.69) is 20.8 Å². The summed E-state index contributed by atoms with van der Waals surface area (Å²) in [6, 6.07) is 7.84. The van der Waals surface area contributed by atoms with Crippen molar-refractivity contribution in [1.82, 2.24) is 0 Å². The van der Waals surface area contributed by atoms with Crippen molar-refractivity contribution < 1.29 is 18.3 Å². The average Bonchev–Trinajstić information content (AvgIpc) is 2.14. The Balaban J connectivity index is 2.83. The number of benzene rings is 1. The molecule has 0 radical (unpaired) electrons. The van der Waals surface area contributed by atoms with Crippen molar-refractivity contribution in [2.45, 2.75) is 20.8 Å². The molecule has 0 aliphatic carbocycles. The first-order valence-electron chi connectivity index (χ1n) is 4.93. The van der Waals surface area contributed by atoms with Gasteiger partial charge in [-0.3, -0.25) is 0 Å². The number of hydrogen-bond donors (Lipinski definition) is 0. The van der Waals surface area contributed by atoms with Crippen LogP contribution in [0.25, 0.3) is 0 Å². The number of halogens is 2. The molecule has 1 rings (SSSR count). The van der Waals surface area contributed by atoms with E-state index < -0.39 is 13.5 Å². The first-order valence-corrected chi connectivity index (χ1v) is 10.4. The fourth-order valence-electron chi connectivity index (χ4n) is 1.07. The zero-order valence-corrected chi connectivity index (χ0v) is 12.9. The molecule has 0 saturated carbocycles. The van der Waals surface area contributed by atoms with Crippen molar-refractivity contribution in [2.24, 2.45) is 5.41 Å². The third kappa shape index (κ3) is 5.43. The van der Waals surface area contributed by atoms with Crippen LogP contribution in [0, 0.1) is 5.41 Å². The molecular formula is C12H16Cl2ORu. The van der Waals surface area contributed by atoms with Gasteiger partial charge in [-0.05, 0) is 0 Å². The van der Waals surface area contributed by atoms with Crippen molar-refractivity contribution in [3.05, 3.63) is 29.8 Å². The van der Waals surface area contributed by atoms with Crippen LogP contribution in [0.5, 0.6) is 5.75 Å². The van der Waals surface area contributed by atoms with E-state index >= 15 is 0 Å². The van der Waals surface area contributed by atoms with E-state index in [0.29, 0.717) is 6.61 Å². The Hall–Kier alpha value is 0.0934. The van der Waals surface area contributed by atoms with E-state index in [1.54, 1.807) is 0 Å². The quantitative estimate of drug-likeness (QED) is 0.745. The molecule has 0 amide bonds. The number of para-hydroxylation sites is 1. The summed E-state index contributed by atoms with van der Waals surface area (Å²) in [5.74, 6) is 0.859. The Kier molecular flexibility index (Phi) is 5.43. The molecule has 1 aromatic rings. The van der Waals surface area contributed by atoms with Crippen LogP contribution in [-0.2, 0) is 13.5 Å². The first-order chi connectivity index (χ1) is 7.38. The maximum absolute atomic E-state index is 5.87. The van der Waals surface area contributed by atoms with Gasteiger partial charge in [0.05, 0.1) is 0 Å². The van der Waals surface area contributed by atoms with E-state index in [4.69, 9.17) is 24.1 Å². The van der Waals surface area contributed by atoms with E-state index in [1.807, 2.05) is 28.9 Å². The van der Waals surface area contributed by atoms with Crippen molar-refractivity contribution in [3.8, 4) is 5.75 Å². The summed E-state index contributed by atoms with van der Waals surface area (Å²) in [6.45, 7) is 7.09. The van der Waals surface area contributed by atoms with E-state index in [9.17, 15) is 0 Å². The summed E-state index contributed by atoms with van der Waals surface area (Å²) in [4.78, 5) is 0. The second kappa shape index (κ2) is 6.14. The van der Waals surface area contributed by atoms with Crippen LogP contribution in [0.15, 0.2) is 24.3 Å². The molecule has 0 spiro atoms. The van der Waals surface area contributed by atoms with Crippen LogP contribution in [0.3, 0.4) is 0 Å². The number of rotatable bonds is 3. The molecule has 1 aromatic carbocycles. The topological polar surface area (TPSA) is 9.23 Å². The zero-order chi connectivity index (χ0) is 12.2. The predicted octanol–water partition coefficient (Wildman–Crippen LogP) is 4.19. The maximum atomic E-state index is 5.87. The Labute approximate surface area is 110 Å². The molecule has 0 N–H and O–H groups in total. The monoisotopic (exact) mass is 348 g/mol. The van der Waals surface area contributed by atoms with Crippen LogP contribution >= 0.6 is 19.4 Å². The van der Waals surface area contributed by atoms with Crippen LogP contribution < -0.4 is 4.74 Å². The Bertz CT molecular complexity index is 379. The molecular weight excluding hydrogens is 332 g/mol. The van der Waals surface area contributed by atoms with Gasteiger partial charge in [-0.1, -0.05) is 0 Å². The zero-order valence-electron chi connectivity index (χ0n) is 9.61. The van der Waals surface area contributed by atoms with Gasteiger partial charge in [0.25, 0.3) is 0 Å². The van der Waals surface area contributed by atoms with Crippen LogP contribution in [0.1, 0.15) is 26.3 Å². The molecule has 0 bridgehead atoms. The molecule has 0 aliphatic heterocycles. The number of ether oxygens (including phenoxy) is 1. The second-order valence-electron chi connectivity index (χ2n) is 4.69. The van der Waals surface area contributed by atoms with Gasteiger partial charge in [-0.2, -0.15) is 0 Å². The molecule has 4 heteroatoms. The summed E-state index contributed by atoms with van der Waals surface area (Å²) < 4.78 is 7.69. The molecule has 0 heterocycles. The Morgan fingerprint density at radius 3 is 2.44 bits per heavy atom. The fraction of sp³-hybridized carbons (Fsp3) is 0.417. The van der Waals surface area contributed by atoms with Gasteiger partial charge in [0, 0.05) is 0 Å². The first kappa shape index (κ1) is 14.2. The van der Waals surface area contributed by atoms with Gasteiger partial charge in [-0.15, -0.1) is 0 Å².